The van der Waals surface area contributed by atoms with E-state index < -0.39 is 0 Å². The zero-order chi connectivity index (χ0) is 15.9. The zero-order valence-corrected chi connectivity index (χ0v) is 14.1. The Bertz CT molecular complexity index is 655. The third-order valence-corrected chi connectivity index (χ3v) is 3.88. The highest BCUT2D eigenvalue weighted by atomic mass is 32.1. The van der Waals surface area contributed by atoms with E-state index >= 15 is 0 Å². The van der Waals surface area contributed by atoms with Gasteiger partial charge in [0.1, 0.15) is 5.75 Å². The quantitative estimate of drug-likeness (QED) is 0.822. The fourth-order valence-electron chi connectivity index (χ4n) is 2.21. The molecule has 0 bridgehead atoms. The van der Waals surface area contributed by atoms with Gasteiger partial charge in [-0.3, -0.25) is 0 Å². The maximum absolute atomic E-state index is 5.35. The summed E-state index contributed by atoms with van der Waals surface area (Å²) in [5.74, 6) is 0.914. The number of hydrogen-bond acceptors (Lipinski definition) is 2. The molecule has 22 heavy (non-hydrogen) atoms. The van der Waals surface area contributed by atoms with Gasteiger partial charge in [0.2, 0.25) is 0 Å². The van der Waals surface area contributed by atoms with Crippen LogP contribution >= 0.6 is 12.2 Å². The van der Waals surface area contributed by atoms with E-state index in [1.165, 1.54) is 16.7 Å². The molecule has 0 fully saturated rings. The first-order chi connectivity index (χ1) is 10.6. The predicted molar refractivity (Wildman–Crippen MR) is 96.8 cm³/mol. The number of methoxy groups -OCH3 is 1. The molecule has 0 amide bonds. The van der Waals surface area contributed by atoms with Gasteiger partial charge in [-0.1, -0.05) is 24.3 Å². The summed E-state index contributed by atoms with van der Waals surface area (Å²) in [5, 5.41) is 7.08. The molecule has 2 aromatic carbocycles. The number of para-hydroxylation sites is 1. The maximum Gasteiger partial charge on any atom is 0.170 e. The highest BCUT2D eigenvalue weighted by Crippen LogP contribution is 2.17. The summed E-state index contributed by atoms with van der Waals surface area (Å²) < 4.78 is 5.35. The summed E-state index contributed by atoms with van der Waals surface area (Å²) in [6.45, 7) is 4.96. The number of benzene rings is 2. The van der Waals surface area contributed by atoms with E-state index in [-0.39, 0.29) is 0 Å². The number of aryl methyl sites for hydroxylation is 2. The van der Waals surface area contributed by atoms with Crippen LogP contribution in [0.2, 0.25) is 0 Å². The molecule has 2 aromatic rings. The predicted octanol–water partition coefficient (Wildman–Crippen LogP) is 3.84. The average molecular weight is 314 g/mol. The van der Waals surface area contributed by atoms with Crippen LogP contribution in [0.1, 0.15) is 16.7 Å². The molecule has 0 atom stereocenters. The topological polar surface area (TPSA) is 33.3 Å². The van der Waals surface area contributed by atoms with E-state index in [0.29, 0.717) is 5.11 Å². The summed E-state index contributed by atoms with van der Waals surface area (Å²) >= 11 is 5.34. The molecule has 0 unspecified atom stereocenters. The second-order valence-corrected chi connectivity index (χ2v) is 5.65. The van der Waals surface area contributed by atoms with Crippen LogP contribution in [0, 0.1) is 13.8 Å². The van der Waals surface area contributed by atoms with Crippen molar-refractivity contribution in [3.8, 4) is 5.75 Å². The van der Waals surface area contributed by atoms with Gasteiger partial charge in [-0.25, -0.2) is 0 Å². The molecule has 4 heteroatoms. The molecule has 3 nitrogen and oxygen atoms in total. The molecule has 116 valence electrons. The van der Waals surface area contributed by atoms with Crippen LogP contribution in [0.5, 0.6) is 5.75 Å². The van der Waals surface area contributed by atoms with Gasteiger partial charge in [-0.2, -0.15) is 0 Å². The molecule has 0 saturated carbocycles. The number of anilines is 1. The lowest BCUT2D eigenvalue weighted by Crippen LogP contribution is -2.30. The summed E-state index contributed by atoms with van der Waals surface area (Å²) in [4.78, 5) is 0. The highest BCUT2D eigenvalue weighted by molar-refractivity contribution is 7.80. The SMILES string of the molecule is COc1ccccc1CCNC(=S)Nc1ccc(C)c(C)c1. The third kappa shape index (κ3) is 4.46. The van der Waals surface area contributed by atoms with E-state index in [1.807, 2.05) is 24.3 Å². The second kappa shape index (κ2) is 7.80. The first-order valence-electron chi connectivity index (χ1n) is 7.34. The van der Waals surface area contributed by atoms with Crippen molar-refractivity contribution in [2.45, 2.75) is 20.3 Å². The number of ether oxygens (including phenoxy) is 1. The van der Waals surface area contributed by atoms with Gasteiger partial charge in [0.25, 0.3) is 0 Å². The lowest BCUT2D eigenvalue weighted by Gasteiger charge is -2.13. The number of rotatable bonds is 5. The fourth-order valence-corrected chi connectivity index (χ4v) is 2.43. The monoisotopic (exact) mass is 314 g/mol. The van der Waals surface area contributed by atoms with Crippen molar-refractivity contribution in [3.63, 3.8) is 0 Å². The summed E-state index contributed by atoms with van der Waals surface area (Å²) in [6, 6.07) is 14.3. The molecule has 2 N–H and O–H groups in total. The fraction of sp³-hybridized carbons (Fsp3) is 0.278. The molecule has 0 aliphatic heterocycles. The summed E-state index contributed by atoms with van der Waals surface area (Å²) in [6.07, 6.45) is 0.860. The van der Waals surface area contributed by atoms with Gasteiger partial charge in [-0.05, 0) is 67.4 Å². The Morgan fingerprint density at radius 3 is 2.59 bits per heavy atom. The van der Waals surface area contributed by atoms with Crippen molar-refractivity contribution >= 4 is 23.0 Å². The lowest BCUT2D eigenvalue weighted by molar-refractivity contribution is 0.409. The molecule has 0 saturated heterocycles. The Hall–Kier alpha value is -2.07. The van der Waals surface area contributed by atoms with Crippen LogP contribution in [0.3, 0.4) is 0 Å². The number of thiocarbonyl (C=S) groups is 1. The molecule has 0 heterocycles. The smallest absolute Gasteiger partial charge is 0.170 e. The third-order valence-electron chi connectivity index (χ3n) is 3.64. The van der Waals surface area contributed by atoms with Gasteiger partial charge in [0.15, 0.2) is 5.11 Å². The van der Waals surface area contributed by atoms with E-state index in [1.54, 1.807) is 7.11 Å². The Balaban J connectivity index is 1.84. The standard InChI is InChI=1S/C18H22N2OS/c1-13-8-9-16(12-14(13)2)20-18(22)19-11-10-15-6-4-5-7-17(15)21-3/h4-9,12H,10-11H2,1-3H3,(H2,19,20,22). The van der Waals surface area contributed by atoms with Gasteiger partial charge in [0.05, 0.1) is 7.11 Å². The largest absolute Gasteiger partial charge is 0.496 e. The molecule has 0 aromatic heterocycles. The van der Waals surface area contributed by atoms with Crippen molar-refractivity contribution in [3.05, 3.63) is 59.2 Å². The van der Waals surface area contributed by atoms with Crippen LogP contribution in [-0.4, -0.2) is 18.8 Å². The molecule has 2 rings (SSSR count). The van der Waals surface area contributed by atoms with Crippen LogP contribution in [0.15, 0.2) is 42.5 Å². The molecule has 0 spiro atoms. The molecular formula is C18H22N2OS. The lowest BCUT2D eigenvalue weighted by atomic mass is 10.1. The minimum absolute atomic E-state index is 0.637. The van der Waals surface area contributed by atoms with E-state index in [0.717, 1.165) is 24.4 Å². The van der Waals surface area contributed by atoms with E-state index in [4.69, 9.17) is 17.0 Å². The Morgan fingerprint density at radius 2 is 1.86 bits per heavy atom. The van der Waals surface area contributed by atoms with Crippen LogP contribution in [0.25, 0.3) is 0 Å². The van der Waals surface area contributed by atoms with Crippen molar-refractivity contribution in [2.24, 2.45) is 0 Å². The van der Waals surface area contributed by atoms with Gasteiger partial charge >= 0.3 is 0 Å². The molecule has 0 radical (unpaired) electrons. The second-order valence-electron chi connectivity index (χ2n) is 5.24. The van der Waals surface area contributed by atoms with Crippen molar-refractivity contribution < 1.29 is 4.74 Å². The average Bonchev–Trinajstić information content (AvgIpc) is 2.51. The maximum atomic E-state index is 5.35. The van der Waals surface area contributed by atoms with E-state index in [9.17, 15) is 0 Å². The molecular weight excluding hydrogens is 292 g/mol. The van der Waals surface area contributed by atoms with E-state index in [2.05, 4.69) is 42.7 Å². The van der Waals surface area contributed by atoms with Crippen molar-refractivity contribution in [1.82, 2.24) is 5.32 Å². The molecule has 0 aliphatic rings. The van der Waals surface area contributed by atoms with Crippen LogP contribution in [0.4, 0.5) is 5.69 Å². The first-order valence-corrected chi connectivity index (χ1v) is 7.75. The van der Waals surface area contributed by atoms with Gasteiger partial charge in [0, 0.05) is 12.2 Å². The normalized spacial score (nSPS) is 10.1. The van der Waals surface area contributed by atoms with Crippen LogP contribution < -0.4 is 15.4 Å². The minimum Gasteiger partial charge on any atom is -0.496 e. The van der Waals surface area contributed by atoms with Crippen LogP contribution in [-0.2, 0) is 6.42 Å². The van der Waals surface area contributed by atoms with Crippen molar-refractivity contribution in [1.29, 1.82) is 0 Å². The Labute approximate surface area is 137 Å². The number of nitrogens with one attached hydrogen (secondary N) is 2. The van der Waals surface area contributed by atoms with Gasteiger partial charge in [-0.15, -0.1) is 0 Å². The first kappa shape index (κ1) is 16.3. The van der Waals surface area contributed by atoms with Crippen molar-refractivity contribution in [2.75, 3.05) is 19.0 Å². The molecule has 0 aliphatic carbocycles. The highest BCUT2D eigenvalue weighted by Gasteiger charge is 2.03. The summed E-state index contributed by atoms with van der Waals surface area (Å²) in [5.41, 5.74) is 4.71. The number of hydrogen-bond donors (Lipinski definition) is 2. The summed E-state index contributed by atoms with van der Waals surface area (Å²) in [7, 11) is 1.69. The Kier molecular flexibility index (Phi) is 5.78. The van der Waals surface area contributed by atoms with Gasteiger partial charge < -0.3 is 15.4 Å². The Morgan fingerprint density at radius 1 is 1.09 bits per heavy atom. The zero-order valence-electron chi connectivity index (χ0n) is 13.3. The minimum atomic E-state index is 0.637.